The molecule has 2 aliphatic heterocycles. The second kappa shape index (κ2) is 16.6. The van der Waals surface area contributed by atoms with Gasteiger partial charge in [-0.25, -0.2) is 9.59 Å². The van der Waals surface area contributed by atoms with Crippen LogP contribution in [0.4, 0.5) is 16.2 Å². The molecular weight excluding hydrogens is 584 g/mol. The van der Waals surface area contributed by atoms with Gasteiger partial charge in [0.15, 0.2) is 0 Å². The van der Waals surface area contributed by atoms with E-state index in [1.165, 1.54) is 18.5 Å². The van der Waals surface area contributed by atoms with E-state index in [9.17, 15) is 24.0 Å². The summed E-state index contributed by atoms with van der Waals surface area (Å²) in [5.41, 5.74) is 2.19. The molecule has 13 heteroatoms. The van der Waals surface area contributed by atoms with Crippen LogP contribution in [0.1, 0.15) is 67.8 Å². The Bertz CT molecular complexity index is 1340. The first-order valence-electron chi connectivity index (χ1n) is 15.1. The zero-order valence-corrected chi connectivity index (χ0v) is 25.7. The monoisotopic (exact) mass is 624 g/mol. The number of amides is 5. The van der Waals surface area contributed by atoms with Crippen LogP contribution in [-0.2, 0) is 25.5 Å². The summed E-state index contributed by atoms with van der Waals surface area (Å²) in [5.74, 6) is -0.102. The van der Waals surface area contributed by atoms with Gasteiger partial charge in [0.1, 0.15) is 0 Å². The summed E-state index contributed by atoms with van der Waals surface area (Å²) in [7, 11) is 0. The van der Waals surface area contributed by atoms with Crippen molar-refractivity contribution in [1.82, 2.24) is 20.9 Å². The van der Waals surface area contributed by atoms with Crippen molar-refractivity contribution in [2.45, 2.75) is 75.6 Å². The zero-order valence-electron chi connectivity index (χ0n) is 24.9. The predicted molar refractivity (Wildman–Crippen MR) is 168 cm³/mol. The lowest BCUT2D eigenvalue weighted by atomic mass is 10.0. The molecule has 1 aromatic heterocycles. The number of unbranched alkanes of at least 4 members (excludes halogenated alkanes) is 1. The molecule has 2 saturated heterocycles. The van der Waals surface area contributed by atoms with Crippen LogP contribution in [0.2, 0.25) is 0 Å². The second-order valence-electron chi connectivity index (χ2n) is 10.8. The van der Waals surface area contributed by atoms with E-state index < -0.39 is 5.97 Å². The van der Waals surface area contributed by atoms with Crippen molar-refractivity contribution in [3.8, 4) is 0 Å². The summed E-state index contributed by atoms with van der Waals surface area (Å²) in [4.78, 5) is 64.7. The van der Waals surface area contributed by atoms with Gasteiger partial charge in [0, 0.05) is 48.7 Å². The number of anilines is 2. The van der Waals surface area contributed by atoms with Gasteiger partial charge in [0.2, 0.25) is 17.7 Å². The van der Waals surface area contributed by atoms with Gasteiger partial charge in [0.05, 0.1) is 36.1 Å². The Labute approximate surface area is 261 Å². The lowest BCUT2D eigenvalue weighted by Gasteiger charge is -2.16. The van der Waals surface area contributed by atoms with E-state index in [2.05, 4.69) is 31.6 Å². The molecule has 0 aliphatic carbocycles. The molecule has 3 heterocycles. The van der Waals surface area contributed by atoms with Gasteiger partial charge < -0.3 is 31.3 Å². The Morgan fingerprint density at radius 3 is 2.66 bits per heavy atom. The second-order valence-corrected chi connectivity index (χ2v) is 12.0. The third kappa shape index (κ3) is 9.97. The minimum atomic E-state index is -0.519. The van der Waals surface area contributed by atoms with Crippen molar-refractivity contribution in [2.75, 3.05) is 29.5 Å². The number of fused-ring (bicyclic) bond motifs is 1. The highest BCUT2D eigenvalue weighted by molar-refractivity contribution is 8.00. The maximum Gasteiger partial charge on any atom is 0.340 e. The molecular formula is C31H40N6O6S. The minimum Gasteiger partial charge on any atom is -0.462 e. The summed E-state index contributed by atoms with van der Waals surface area (Å²) in [6, 6.07) is 9.24. The standard InChI is InChI=1S/C31H40N6O6S/c1-2-43-30(41)22-13-15-32-18-23(22)35-27(39)12-6-8-20-7-5-9-21(17-20)34-28(40)14-16-33-26(38)11-4-3-10-25-29-24(19-44-25)36-31(42)37-29/h5,7,9,13,15,17-18,24-25,29H,2-4,6,8,10-12,14,16,19H2,1H3,(H,33,38)(H,34,40)(H,35,39)(H2,36,37,42)/t24?,25-,29?/m0/s1. The largest absolute Gasteiger partial charge is 0.462 e. The number of nitrogens with zero attached hydrogens (tertiary/aromatic N) is 1. The van der Waals surface area contributed by atoms with Gasteiger partial charge in [-0.15, -0.1) is 0 Å². The number of benzene rings is 1. The van der Waals surface area contributed by atoms with Crippen molar-refractivity contribution < 1.29 is 28.7 Å². The Kier molecular flexibility index (Phi) is 12.4. The highest BCUT2D eigenvalue weighted by Crippen LogP contribution is 2.33. The third-order valence-corrected chi connectivity index (χ3v) is 8.93. The fraction of sp³-hybridized carbons (Fsp3) is 0.484. The highest BCUT2D eigenvalue weighted by Gasteiger charge is 2.42. The van der Waals surface area contributed by atoms with E-state index in [-0.39, 0.29) is 67.4 Å². The highest BCUT2D eigenvalue weighted by atomic mass is 32.2. The molecule has 12 nitrogen and oxygen atoms in total. The SMILES string of the molecule is CCOC(=O)c1ccncc1NC(=O)CCCc1cccc(NC(=O)CCNC(=O)CCCC[C@@H]2SCC3NC(=O)NC32)c1. The Morgan fingerprint density at radius 1 is 1.00 bits per heavy atom. The molecule has 2 aliphatic rings. The zero-order chi connectivity index (χ0) is 31.3. The molecule has 0 saturated carbocycles. The molecule has 0 spiro atoms. The van der Waals surface area contributed by atoms with Crippen LogP contribution in [0.3, 0.4) is 0 Å². The number of thioether (sulfide) groups is 1. The van der Waals surface area contributed by atoms with E-state index in [4.69, 9.17) is 4.74 Å². The summed E-state index contributed by atoms with van der Waals surface area (Å²) >= 11 is 1.87. The number of carbonyl (C=O) groups excluding carboxylic acids is 5. The number of nitrogens with one attached hydrogen (secondary N) is 5. The molecule has 0 radical (unpaired) electrons. The first-order valence-corrected chi connectivity index (χ1v) is 16.1. The van der Waals surface area contributed by atoms with Crippen LogP contribution < -0.4 is 26.6 Å². The summed E-state index contributed by atoms with van der Waals surface area (Å²) in [6.07, 6.45) is 7.52. The summed E-state index contributed by atoms with van der Waals surface area (Å²) in [6.45, 7) is 2.20. The third-order valence-electron chi connectivity index (χ3n) is 7.43. The number of pyridine rings is 1. The Balaban J connectivity index is 1.08. The number of hydrogen-bond donors (Lipinski definition) is 5. The van der Waals surface area contributed by atoms with Crippen LogP contribution in [-0.4, -0.2) is 70.9 Å². The number of aromatic nitrogens is 1. The van der Waals surface area contributed by atoms with E-state index in [0.717, 1.165) is 30.6 Å². The van der Waals surface area contributed by atoms with E-state index in [1.807, 2.05) is 30.0 Å². The molecule has 2 fully saturated rings. The van der Waals surface area contributed by atoms with Crippen LogP contribution >= 0.6 is 11.8 Å². The minimum absolute atomic E-state index is 0.0720. The molecule has 5 amide bonds. The van der Waals surface area contributed by atoms with Gasteiger partial charge in [-0.1, -0.05) is 18.6 Å². The van der Waals surface area contributed by atoms with Crippen molar-refractivity contribution in [3.63, 3.8) is 0 Å². The number of urea groups is 1. The maximum absolute atomic E-state index is 12.5. The molecule has 2 aromatic rings. The number of hydrogen-bond acceptors (Lipinski definition) is 8. The summed E-state index contributed by atoms with van der Waals surface area (Å²) < 4.78 is 5.03. The number of carbonyl (C=O) groups is 5. The Morgan fingerprint density at radius 2 is 1.82 bits per heavy atom. The van der Waals surface area contributed by atoms with Gasteiger partial charge >= 0.3 is 12.0 Å². The van der Waals surface area contributed by atoms with Crippen LogP contribution in [0.25, 0.3) is 0 Å². The molecule has 1 aromatic carbocycles. The topological polar surface area (TPSA) is 168 Å². The molecule has 3 atom stereocenters. The van der Waals surface area contributed by atoms with Gasteiger partial charge in [-0.3, -0.25) is 19.4 Å². The first-order chi connectivity index (χ1) is 21.3. The Hall–Kier alpha value is -4.13. The van der Waals surface area contributed by atoms with E-state index in [0.29, 0.717) is 35.9 Å². The summed E-state index contributed by atoms with van der Waals surface area (Å²) in [5, 5.41) is 14.7. The van der Waals surface area contributed by atoms with Crippen molar-refractivity contribution in [1.29, 1.82) is 0 Å². The molecule has 5 N–H and O–H groups in total. The molecule has 236 valence electrons. The normalized spacial score (nSPS) is 18.5. The fourth-order valence-corrected chi connectivity index (χ4v) is 6.80. The average molecular weight is 625 g/mol. The fourth-order valence-electron chi connectivity index (χ4n) is 5.25. The van der Waals surface area contributed by atoms with Crippen molar-refractivity contribution in [3.05, 3.63) is 53.9 Å². The quantitative estimate of drug-likeness (QED) is 0.108. The van der Waals surface area contributed by atoms with Crippen LogP contribution in [0.15, 0.2) is 42.7 Å². The van der Waals surface area contributed by atoms with Crippen molar-refractivity contribution >= 4 is 52.9 Å². The average Bonchev–Trinajstić information content (AvgIpc) is 3.55. The lowest BCUT2D eigenvalue weighted by Crippen LogP contribution is -2.36. The smallest absolute Gasteiger partial charge is 0.340 e. The number of aryl methyl sites for hydroxylation is 1. The lowest BCUT2D eigenvalue weighted by molar-refractivity contribution is -0.121. The predicted octanol–water partition coefficient (Wildman–Crippen LogP) is 3.39. The van der Waals surface area contributed by atoms with Gasteiger partial charge in [-0.05, 0) is 56.4 Å². The maximum atomic E-state index is 12.5. The number of esters is 1. The molecule has 0 bridgehead atoms. The number of ether oxygens (including phenoxy) is 1. The molecule has 44 heavy (non-hydrogen) atoms. The number of rotatable bonds is 16. The van der Waals surface area contributed by atoms with Gasteiger partial charge in [-0.2, -0.15) is 11.8 Å². The van der Waals surface area contributed by atoms with E-state index >= 15 is 0 Å². The molecule has 2 unspecified atom stereocenters. The van der Waals surface area contributed by atoms with Crippen LogP contribution in [0.5, 0.6) is 0 Å². The first kappa shape index (κ1) is 32.8. The molecule has 4 rings (SSSR count). The van der Waals surface area contributed by atoms with Crippen LogP contribution in [0, 0.1) is 0 Å². The van der Waals surface area contributed by atoms with E-state index in [1.54, 1.807) is 13.0 Å². The van der Waals surface area contributed by atoms with Crippen molar-refractivity contribution in [2.24, 2.45) is 0 Å². The van der Waals surface area contributed by atoms with Gasteiger partial charge in [0.25, 0.3) is 0 Å².